The summed E-state index contributed by atoms with van der Waals surface area (Å²) in [6.45, 7) is 10.1. The molecule has 0 spiro atoms. The number of pyridine rings is 1. The third-order valence-corrected chi connectivity index (χ3v) is 5.15. The third kappa shape index (κ3) is 4.11. The van der Waals surface area contributed by atoms with Gasteiger partial charge < -0.3 is 19.6 Å². The molecule has 1 amide bonds. The first-order valence-electron chi connectivity index (χ1n) is 8.95. The molecule has 1 aromatic heterocycles. The highest BCUT2D eigenvalue weighted by atomic mass is 16.5. The van der Waals surface area contributed by atoms with Crippen molar-refractivity contribution in [1.29, 1.82) is 0 Å². The maximum absolute atomic E-state index is 12.8. The fourth-order valence-electron chi connectivity index (χ4n) is 3.33. The van der Waals surface area contributed by atoms with E-state index in [0.29, 0.717) is 32.0 Å². The van der Waals surface area contributed by atoms with E-state index >= 15 is 0 Å². The van der Waals surface area contributed by atoms with Crippen LogP contribution in [0.3, 0.4) is 0 Å². The van der Waals surface area contributed by atoms with Gasteiger partial charge in [0.1, 0.15) is 5.69 Å². The molecule has 0 saturated carbocycles. The predicted octanol–water partition coefficient (Wildman–Crippen LogP) is 0.447. The number of ether oxygens (including phenoxy) is 1. The summed E-state index contributed by atoms with van der Waals surface area (Å²) in [6.07, 6.45) is 1.71. The number of carbonyl (C=O) groups is 1. The van der Waals surface area contributed by atoms with Crippen LogP contribution in [-0.2, 0) is 4.74 Å². The zero-order valence-corrected chi connectivity index (χ0v) is 15.1. The number of carbonyl (C=O) groups excluding carboxylic acids is 1. The van der Waals surface area contributed by atoms with Crippen molar-refractivity contribution in [2.24, 2.45) is 0 Å². The van der Waals surface area contributed by atoms with Gasteiger partial charge in [-0.25, -0.2) is 0 Å². The van der Waals surface area contributed by atoms with Gasteiger partial charge in [0, 0.05) is 56.7 Å². The Morgan fingerprint density at radius 2 is 1.88 bits per heavy atom. The maximum Gasteiger partial charge on any atom is 0.272 e. The Morgan fingerprint density at radius 1 is 1.20 bits per heavy atom. The second-order valence-electron chi connectivity index (χ2n) is 7.25. The van der Waals surface area contributed by atoms with Crippen molar-refractivity contribution in [3.05, 3.63) is 24.0 Å². The number of rotatable bonds is 4. The number of hydrogen-bond acceptors (Lipinski definition) is 6. The summed E-state index contributed by atoms with van der Waals surface area (Å²) in [5.41, 5.74) is 1.28. The van der Waals surface area contributed by atoms with Gasteiger partial charge in [0.25, 0.3) is 5.91 Å². The summed E-state index contributed by atoms with van der Waals surface area (Å²) in [7, 11) is 0. The van der Waals surface area contributed by atoms with E-state index in [-0.39, 0.29) is 18.1 Å². The summed E-state index contributed by atoms with van der Waals surface area (Å²) in [6, 6.07) is 3.83. The minimum Gasteiger partial charge on any atom is -0.394 e. The Hall–Kier alpha value is -1.70. The summed E-state index contributed by atoms with van der Waals surface area (Å²) < 4.78 is 5.39. The largest absolute Gasteiger partial charge is 0.394 e. The second kappa shape index (κ2) is 7.68. The van der Waals surface area contributed by atoms with Gasteiger partial charge in [-0.05, 0) is 26.0 Å². The van der Waals surface area contributed by atoms with E-state index in [9.17, 15) is 9.90 Å². The molecule has 2 fully saturated rings. The fraction of sp³-hybridized carbons (Fsp3) is 0.667. The minimum absolute atomic E-state index is 0.0171. The fourth-order valence-corrected chi connectivity index (χ4v) is 3.33. The average Bonchev–Trinajstić information content (AvgIpc) is 2.68. The summed E-state index contributed by atoms with van der Waals surface area (Å²) in [5, 5.41) is 9.51. The molecule has 7 nitrogen and oxygen atoms in total. The van der Waals surface area contributed by atoms with Crippen LogP contribution >= 0.6 is 0 Å². The van der Waals surface area contributed by atoms with Gasteiger partial charge in [-0.1, -0.05) is 0 Å². The van der Waals surface area contributed by atoms with Gasteiger partial charge in [0.15, 0.2) is 0 Å². The number of amides is 1. The van der Waals surface area contributed by atoms with Gasteiger partial charge in [-0.15, -0.1) is 0 Å². The number of aromatic nitrogens is 1. The molecule has 1 aromatic rings. The van der Waals surface area contributed by atoms with Gasteiger partial charge >= 0.3 is 0 Å². The quantitative estimate of drug-likeness (QED) is 0.852. The van der Waals surface area contributed by atoms with Gasteiger partial charge in [0.05, 0.1) is 19.8 Å². The van der Waals surface area contributed by atoms with Crippen molar-refractivity contribution in [3.8, 4) is 0 Å². The summed E-state index contributed by atoms with van der Waals surface area (Å²) in [5.74, 6) is -0.0171. The topological polar surface area (TPSA) is 69.1 Å². The summed E-state index contributed by atoms with van der Waals surface area (Å²) >= 11 is 0. The second-order valence-corrected chi connectivity index (χ2v) is 7.25. The molecule has 138 valence electrons. The number of aliphatic hydroxyl groups is 1. The van der Waals surface area contributed by atoms with Gasteiger partial charge in [-0.3, -0.25) is 14.7 Å². The normalized spacial score (nSPS) is 20.0. The van der Waals surface area contributed by atoms with Crippen LogP contribution in [0, 0.1) is 0 Å². The van der Waals surface area contributed by atoms with Crippen molar-refractivity contribution in [2.45, 2.75) is 19.4 Å². The maximum atomic E-state index is 12.8. The minimum atomic E-state index is -0.246. The Morgan fingerprint density at radius 3 is 2.52 bits per heavy atom. The highest BCUT2D eigenvalue weighted by Crippen LogP contribution is 2.19. The SMILES string of the molecule is CC(C)(CO)N1CCN(C(=O)c2cc(N3CCOCC3)ccn2)CC1. The Balaban J connectivity index is 1.64. The van der Waals surface area contributed by atoms with Crippen molar-refractivity contribution in [1.82, 2.24) is 14.8 Å². The van der Waals surface area contributed by atoms with Crippen molar-refractivity contribution < 1.29 is 14.6 Å². The lowest BCUT2D eigenvalue weighted by atomic mass is 10.0. The molecule has 3 heterocycles. The van der Waals surface area contributed by atoms with Crippen LogP contribution in [0.15, 0.2) is 18.3 Å². The first-order chi connectivity index (χ1) is 12.0. The molecule has 0 aromatic carbocycles. The number of nitrogens with zero attached hydrogens (tertiary/aromatic N) is 4. The molecule has 7 heteroatoms. The van der Waals surface area contributed by atoms with Crippen LogP contribution in [0.2, 0.25) is 0 Å². The molecule has 0 unspecified atom stereocenters. The van der Waals surface area contributed by atoms with Crippen LogP contribution in [0.1, 0.15) is 24.3 Å². The lowest BCUT2D eigenvalue weighted by Gasteiger charge is -2.43. The number of aliphatic hydroxyl groups excluding tert-OH is 1. The van der Waals surface area contributed by atoms with Crippen molar-refractivity contribution in [2.75, 3.05) is 64.0 Å². The Bertz CT molecular complexity index is 594. The molecule has 0 aliphatic carbocycles. The third-order valence-electron chi connectivity index (χ3n) is 5.15. The Kier molecular flexibility index (Phi) is 5.56. The highest BCUT2D eigenvalue weighted by molar-refractivity contribution is 5.93. The molecule has 25 heavy (non-hydrogen) atoms. The van der Waals surface area contributed by atoms with E-state index in [1.54, 1.807) is 6.20 Å². The molecule has 0 bridgehead atoms. The summed E-state index contributed by atoms with van der Waals surface area (Å²) in [4.78, 5) is 23.4. The standard InChI is InChI=1S/C18H28N4O3/c1-18(2,14-23)22-7-5-21(6-8-22)17(24)16-13-15(3-4-19-16)20-9-11-25-12-10-20/h3-4,13,23H,5-12,14H2,1-2H3. The van der Waals surface area contributed by atoms with Crippen LogP contribution in [-0.4, -0.2) is 90.4 Å². The monoisotopic (exact) mass is 348 g/mol. The van der Waals surface area contributed by atoms with E-state index in [0.717, 1.165) is 31.9 Å². The molecule has 2 aliphatic heterocycles. The molecule has 2 saturated heterocycles. The van der Waals surface area contributed by atoms with Crippen LogP contribution in [0.4, 0.5) is 5.69 Å². The molecule has 3 rings (SSSR count). The highest BCUT2D eigenvalue weighted by Gasteiger charge is 2.31. The number of hydrogen-bond donors (Lipinski definition) is 1. The number of anilines is 1. The molecule has 2 aliphatic rings. The lowest BCUT2D eigenvalue weighted by Crippen LogP contribution is -2.57. The number of morpholine rings is 1. The van der Waals surface area contributed by atoms with E-state index in [4.69, 9.17) is 4.74 Å². The van der Waals surface area contributed by atoms with Gasteiger partial charge in [-0.2, -0.15) is 0 Å². The van der Waals surface area contributed by atoms with Crippen LogP contribution in [0.5, 0.6) is 0 Å². The zero-order chi connectivity index (χ0) is 17.9. The van der Waals surface area contributed by atoms with Crippen molar-refractivity contribution in [3.63, 3.8) is 0 Å². The van der Waals surface area contributed by atoms with E-state index in [2.05, 4.69) is 14.8 Å². The molecule has 0 radical (unpaired) electrons. The van der Waals surface area contributed by atoms with Crippen LogP contribution < -0.4 is 4.90 Å². The molecular formula is C18H28N4O3. The predicted molar refractivity (Wildman–Crippen MR) is 95.9 cm³/mol. The average molecular weight is 348 g/mol. The first kappa shape index (κ1) is 18.1. The van der Waals surface area contributed by atoms with Crippen molar-refractivity contribution >= 4 is 11.6 Å². The van der Waals surface area contributed by atoms with E-state index < -0.39 is 0 Å². The number of piperazine rings is 1. The molecular weight excluding hydrogens is 320 g/mol. The Labute approximate surface area is 149 Å². The van der Waals surface area contributed by atoms with Gasteiger partial charge in [0.2, 0.25) is 0 Å². The smallest absolute Gasteiger partial charge is 0.272 e. The van der Waals surface area contributed by atoms with E-state index in [1.165, 1.54) is 0 Å². The zero-order valence-electron chi connectivity index (χ0n) is 15.1. The first-order valence-corrected chi connectivity index (χ1v) is 8.95. The van der Waals surface area contributed by atoms with Crippen LogP contribution in [0.25, 0.3) is 0 Å². The molecule has 0 atom stereocenters. The lowest BCUT2D eigenvalue weighted by molar-refractivity contribution is 0.0162. The molecule has 1 N–H and O–H groups in total. The van der Waals surface area contributed by atoms with E-state index in [1.807, 2.05) is 30.9 Å².